The molecule has 1 fully saturated rings. The van der Waals surface area contributed by atoms with Crippen LogP contribution >= 0.6 is 0 Å². The van der Waals surface area contributed by atoms with E-state index in [0.29, 0.717) is 6.42 Å². The summed E-state index contributed by atoms with van der Waals surface area (Å²) in [5.41, 5.74) is 0. The molecule has 0 aromatic carbocycles. The van der Waals surface area contributed by atoms with Gasteiger partial charge in [0.2, 0.25) is 5.91 Å². The summed E-state index contributed by atoms with van der Waals surface area (Å²) in [7, 11) is 0. The fourth-order valence-corrected chi connectivity index (χ4v) is 1.90. The summed E-state index contributed by atoms with van der Waals surface area (Å²) in [6.45, 7) is 2.91. The quantitative estimate of drug-likeness (QED) is 0.678. The van der Waals surface area contributed by atoms with Gasteiger partial charge in [0.25, 0.3) is 0 Å². The molecule has 1 aliphatic heterocycles. The minimum Gasteiger partial charge on any atom is -0.356 e. The second kappa shape index (κ2) is 6.47. The Labute approximate surface area is 92.0 Å². The predicted molar refractivity (Wildman–Crippen MR) is 61.3 cm³/mol. The van der Waals surface area contributed by atoms with Crippen molar-refractivity contribution in [3.05, 3.63) is 0 Å². The molecule has 1 saturated heterocycles. The van der Waals surface area contributed by atoms with E-state index < -0.39 is 0 Å². The zero-order chi connectivity index (χ0) is 11.1. The molecule has 2 N–H and O–H groups in total. The summed E-state index contributed by atoms with van der Waals surface area (Å²) >= 11 is 0. The van der Waals surface area contributed by atoms with Crippen molar-refractivity contribution >= 4 is 5.91 Å². The van der Waals surface area contributed by atoms with Crippen molar-refractivity contribution < 1.29 is 4.79 Å². The average Bonchev–Trinajstić information content (AvgIpc) is 2.42. The Balaban J connectivity index is 2.41. The van der Waals surface area contributed by atoms with Crippen LogP contribution in [0, 0.1) is 12.3 Å². The highest BCUT2D eigenvalue weighted by molar-refractivity contribution is 5.76. The first-order valence-electron chi connectivity index (χ1n) is 5.75. The lowest BCUT2D eigenvalue weighted by Gasteiger charge is -2.19. The van der Waals surface area contributed by atoms with Crippen LogP contribution in [0.15, 0.2) is 0 Å². The van der Waals surface area contributed by atoms with Crippen molar-refractivity contribution in [1.82, 2.24) is 10.6 Å². The van der Waals surface area contributed by atoms with Crippen LogP contribution in [0.25, 0.3) is 0 Å². The number of amides is 1. The molecule has 3 heteroatoms. The number of hydrogen-bond donors (Lipinski definition) is 2. The van der Waals surface area contributed by atoms with E-state index in [-0.39, 0.29) is 18.0 Å². The maximum Gasteiger partial charge on any atom is 0.221 e. The maximum atomic E-state index is 11.3. The highest BCUT2D eigenvalue weighted by atomic mass is 16.1. The Morgan fingerprint density at radius 1 is 1.73 bits per heavy atom. The van der Waals surface area contributed by atoms with Crippen LogP contribution in [-0.4, -0.2) is 24.5 Å². The highest BCUT2D eigenvalue weighted by Gasteiger charge is 2.19. The molecule has 84 valence electrons. The first-order chi connectivity index (χ1) is 7.26. The molecule has 3 nitrogen and oxygen atoms in total. The van der Waals surface area contributed by atoms with E-state index >= 15 is 0 Å². The Kier molecular flexibility index (Phi) is 5.20. The van der Waals surface area contributed by atoms with Crippen molar-refractivity contribution in [2.45, 2.75) is 51.1 Å². The number of rotatable bonds is 4. The number of terminal acetylenes is 1. The van der Waals surface area contributed by atoms with Gasteiger partial charge in [0.1, 0.15) is 0 Å². The Bertz CT molecular complexity index is 244. The van der Waals surface area contributed by atoms with Gasteiger partial charge in [-0.15, -0.1) is 6.42 Å². The number of nitrogens with one attached hydrogen (secondary N) is 2. The Morgan fingerprint density at radius 2 is 2.53 bits per heavy atom. The third-order valence-corrected chi connectivity index (χ3v) is 2.70. The molecule has 1 heterocycles. The van der Waals surface area contributed by atoms with Crippen LogP contribution < -0.4 is 10.6 Å². The number of hydrogen-bond acceptors (Lipinski definition) is 2. The lowest BCUT2D eigenvalue weighted by atomic mass is 10.1. The van der Waals surface area contributed by atoms with Crippen molar-refractivity contribution in [2.24, 2.45) is 0 Å². The Morgan fingerprint density at radius 3 is 3.20 bits per heavy atom. The Hall–Kier alpha value is -1.01. The van der Waals surface area contributed by atoms with Gasteiger partial charge < -0.3 is 10.6 Å². The molecule has 0 radical (unpaired) electrons. The number of carbonyl (C=O) groups is 1. The van der Waals surface area contributed by atoms with Gasteiger partial charge in [-0.3, -0.25) is 4.79 Å². The summed E-state index contributed by atoms with van der Waals surface area (Å²) < 4.78 is 0. The van der Waals surface area contributed by atoms with E-state index in [1.165, 1.54) is 0 Å². The van der Waals surface area contributed by atoms with Crippen molar-refractivity contribution in [3.8, 4) is 12.3 Å². The summed E-state index contributed by atoms with van der Waals surface area (Å²) in [6, 6.07) is 0.367. The van der Waals surface area contributed by atoms with E-state index in [9.17, 15) is 4.79 Å². The molecular weight excluding hydrogens is 188 g/mol. The lowest BCUT2D eigenvalue weighted by Crippen LogP contribution is -2.39. The number of carbonyl (C=O) groups excluding carboxylic acids is 1. The minimum absolute atomic E-state index is 0.117. The molecule has 1 aliphatic rings. The van der Waals surface area contributed by atoms with Crippen LogP contribution in [0.2, 0.25) is 0 Å². The van der Waals surface area contributed by atoms with Crippen LogP contribution in [0.4, 0.5) is 0 Å². The van der Waals surface area contributed by atoms with Crippen LogP contribution in [0.3, 0.4) is 0 Å². The fourth-order valence-electron chi connectivity index (χ4n) is 1.90. The van der Waals surface area contributed by atoms with Gasteiger partial charge in [-0.05, 0) is 19.3 Å². The van der Waals surface area contributed by atoms with Gasteiger partial charge in [-0.2, -0.15) is 0 Å². The summed E-state index contributed by atoms with van der Waals surface area (Å²) in [6.07, 6.45) is 10.1. The molecule has 0 aromatic rings. The van der Waals surface area contributed by atoms with Crippen LogP contribution in [0.5, 0.6) is 0 Å². The first-order valence-corrected chi connectivity index (χ1v) is 5.75. The van der Waals surface area contributed by atoms with Gasteiger partial charge in [-0.25, -0.2) is 0 Å². The third kappa shape index (κ3) is 4.35. The van der Waals surface area contributed by atoms with E-state index in [1.54, 1.807) is 0 Å². The lowest BCUT2D eigenvalue weighted by molar-refractivity contribution is -0.121. The molecular formula is C12H20N2O. The van der Waals surface area contributed by atoms with Crippen molar-refractivity contribution in [2.75, 3.05) is 6.54 Å². The van der Waals surface area contributed by atoms with Crippen molar-refractivity contribution in [3.63, 3.8) is 0 Å². The molecule has 0 aliphatic carbocycles. The van der Waals surface area contributed by atoms with E-state index in [2.05, 4.69) is 23.5 Å². The molecule has 15 heavy (non-hydrogen) atoms. The largest absolute Gasteiger partial charge is 0.356 e. The zero-order valence-electron chi connectivity index (χ0n) is 9.38. The molecule has 1 amide bonds. The molecule has 1 rings (SSSR count). The second-order valence-electron chi connectivity index (χ2n) is 4.07. The smallest absolute Gasteiger partial charge is 0.221 e. The van der Waals surface area contributed by atoms with Gasteiger partial charge in [0, 0.05) is 19.0 Å². The summed E-state index contributed by atoms with van der Waals surface area (Å²) in [4.78, 5) is 11.3. The summed E-state index contributed by atoms with van der Waals surface area (Å²) in [5.74, 6) is 2.88. The van der Waals surface area contributed by atoms with Gasteiger partial charge >= 0.3 is 0 Å². The van der Waals surface area contributed by atoms with E-state index in [0.717, 1.165) is 32.2 Å². The van der Waals surface area contributed by atoms with Crippen molar-refractivity contribution in [1.29, 1.82) is 0 Å². The molecule has 2 unspecified atom stereocenters. The second-order valence-corrected chi connectivity index (χ2v) is 4.07. The van der Waals surface area contributed by atoms with Crippen LogP contribution in [0.1, 0.15) is 39.0 Å². The predicted octanol–water partition coefficient (Wildman–Crippen LogP) is 1.05. The average molecular weight is 208 g/mol. The molecule has 2 atom stereocenters. The van der Waals surface area contributed by atoms with Gasteiger partial charge in [0.15, 0.2) is 0 Å². The monoisotopic (exact) mass is 208 g/mol. The van der Waals surface area contributed by atoms with E-state index in [1.807, 2.05) is 0 Å². The standard InChI is InChI=1S/C12H20N2O/c1-3-6-10(4-2)14-11-7-5-8-13-12(15)9-11/h2,10-11,14H,3,5-9H2,1H3,(H,13,15). The molecule has 0 saturated carbocycles. The summed E-state index contributed by atoms with van der Waals surface area (Å²) in [5, 5.41) is 6.25. The molecule has 0 spiro atoms. The van der Waals surface area contributed by atoms with E-state index in [4.69, 9.17) is 6.42 Å². The molecule has 0 aromatic heterocycles. The van der Waals surface area contributed by atoms with Gasteiger partial charge in [-0.1, -0.05) is 19.3 Å². The molecule has 0 bridgehead atoms. The highest BCUT2D eigenvalue weighted by Crippen LogP contribution is 2.08. The minimum atomic E-state index is 0.117. The zero-order valence-corrected chi connectivity index (χ0v) is 9.38. The first kappa shape index (κ1) is 12.1. The SMILES string of the molecule is C#CC(CCC)NC1CCCNC(=O)C1. The maximum absolute atomic E-state index is 11.3. The normalized spacial score (nSPS) is 23.7. The fraction of sp³-hybridized carbons (Fsp3) is 0.750. The third-order valence-electron chi connectivity index (χ3n) is 2.70. The van der Waals surface area contributed by atoms with Gasteiger partial charge in [0.05, 0.1) is 6.04 Å². The van der Waals surface area contributed by atoms with Crippen LogP contribution in [-0.2, 0) is 4.79 Å². The topological polar surface area (TPSA) is 41.1 Å².